The van der Waals surface area contributed by atoms with E-state index in [1.165, 1.54) is 0 Å². The fourth-order valence-electron chi connectivity index (χ4n) is 1.40. The molecular weight excluding hydrogens is 219 g/mol. The summed E-state index contributed by atoms with van der Waals surface area (Å²) in [6, 6.07) is 0.287. The van der Waals surface area contributed by atoms with Crippen LogP contribution in [0.15, 0.2) is 0 Å². The third-order valence-electron chi connectivity index (χ3n) is 2.14. The highest BCUT2D eigenvalue weighted by atomic mass is 35.5. The normalized spacial score (nSPS) is 11.3. The molecule has 1 aromatic rings. The van der Waals surface area contributed by atoms with Crippen LogP contribution in [-0.4, -0.2) is 9.78 Å². The number of rotatable bonds is 4. The van der Waals surface area contributed by atoms with Crippen LogP contribution in [0.25, 0.3) is 0 Å². The van der Waals surface area contributed by atoms with Gasteiger partial charge < -0.3 is 0 Å². The molecule has 0 N–H and O–H groups in total. The summed E-state index contributed by atoms with van der Waals surface area (Å²) in [4.78, 5) is 0. The third kappa shape index (κ3) is 2.23. The second kappa shape index (κ2) is 5.04. The van der Waals surface area contributed by atoms with Crippen LogP contribution in [0.3, 0.4) is 0 Å². The smallest absolute Gasteiger partial charge is 0.132 e. The molecule has 0 aromatic carbocycles. The summed E-state index contributed by atoms with van der Waals surface area (Å²) in [5.41, 5.74) is 2.03. The van der Waals surface area contributed by atoms with E-state index in [0.29, 0.717) is 11.0 Å². The van der Waals surface area contributed by atoms with Crippen LogP contribution < -0.4 is 0 Å². The monoisotopic (exact) mass is 234 g/mol. The van der Waals surface area contributed by atoms with Crippen LogP contribution in [0.4, 0.5) is 0 Å². The van der Waals surface area contributed by atoms with E-state index in [9.17, 15) is 0 Å². The summed E-state index contributed by atoms with van der Waals surface area (Å²) in [7, 11) is 0. The highest BCUT2D eigenvalue weighted by Crippen LogP contribution is 2.25. The number of halogens is 2. The standard InChI is InChI=1S/C10H16Cl2N2/c1-4-5-9-8(6-11)10(12)14(13-9)7(2)3/h7H,4-6H2,1-3H3. The Kier molecular flexibility index (Phi) is 4.27. The van der Waals surface area contributed by atoms with Gasteiger partial charge in [0.15, 0.2) is 0 Å². The minimum absolute atomic E-state index is 0.287. The van der Waals surface area contributed by atoms with Crippen molar-refractivity contribution < 1.29 is 0 Å². The highest BCUT2D eigenvalue weighted by Gasteiger charge is 2.15. The molecule has 0 saturated heterocycles. The molecule has 2 nitrogen and oxygen atoms in total. The van der Waals surface area contributed by atoms with Crippen LogP contribution in [0.5, 0.6) is 0 Å². The van der Waals surface area contributed by atoms with E-state index in [1.54, 1.807) is 0 Å². The number of alkyl halides is 1. The predicted molar refractivity (Wildman–Crippen MR) is 61.2 cm³/mol. The Bertz CT molecular complexity index is 305. The van der Waals surface area contributed by atoms with Gasteiger partial charge in [-0.25, -0.2) is 0 Å². The molecule has 4 heteroatoms. The molecule has 1 heterocycles. The third-order valence-corrected chi connectivity index (χ3v) is 2.81. The first kappa shape index (κ1) is 11.9. The van der Waals surface area contributed by atoms with Crippen LogP contribution in [-0.2, 0) is 12.3 Å². The number of nitrogens with zero attached hydrogens (tertiary/aromatic N) is 2. The molecule has 0 fully saturated rings. The summed E-state index contributed by atoms with van der Waals surface area (Å²) >= 11 is 12.0. The molecule has 1 rings (SSSR count). The van der Waals surface area contributed by atoms with Crippen LogP contribution in [0, 0.1) is 0 Å². The zero-order valence-electron chi connectivity index (χ0n) is 8.85. The molecule has 0 unspecified atom stereocenters. The Morgan fingerprint density at radius 1 is 1.43 bits per heavy atom. The molecule has 14 heavy (non-hydrogen) atoms. The fraction of sp³-hybridized carbons (Fsp3) is 0.700. The van der Waals surface area contributed by atoms with Gasteiger partial charge in [0, 0.05) is 11.6 Å². The minimum Gasteiger partial charge on any atom is -0.251 e. The maximum Gasteiger partial charge on any atom is 0.132 e. The largest absolute Gasteiger partial charge is 0.251 e. The number of hydrogen-bond acceptors (Lipinski definition) is 1. The molecule has 1 aromatic heterocycles. The average Bonchev–Trinajstić information content (AvgIpc) is 2.43. The first-order chi connectivity index (χ1) is 6.61. The summed E-state index contributed by atoms with van der Waals surface area (Å²) in [6.07, 6.45) is 2.01. The van der Waals surface area contributed by atoms with Crippen molar-refractivity contribution in [1.82, 2.24) is 9.78 Å². The molecule has 0 atom stereocenters. The van der Waals surface area contributed by atoms with Crippen molar-refractivity contribution in [1.29, 1.82) is 0 Å². The van der Waals surface area contributed by atoms with Crippen molar-refractivity contribution >= 4 is 23.2 Å². The van der Waals surface area contributed by atoms with E-state index >= 15 is 0 Å². The van der Waals surface area contributed by atoms with Crippen molar-refractivity contribution in [3.05, 3.63) is 16.4 Å². The van der Waals surface area contributed by atoms with E-state index in [2.05, 4.69) is 25.9 Å². The van der Waals surface area contributed by atoms with Gasteiger partial charge in [-0.2, -0.15) is 5.10 Å². The molecule has 0 bridgehead atoms. The number of aromatic nitrogens is 2. The molecule has 0 saturated carbocycles. The molecule has 0 amide bonds. The van der Waals surface area contributed by atoms with E-state index in [1.807, 2.05) is 4.68 Å². The molecule has 0 radical (unpaired) electrons. The van der Waals surface area contributed by atoms with Crippen molar-refractivity contribution in [2.45, 2.75) is 45.5 Å². The summed E-state index contributed by atoms with van der Waals surface area (Å²) in [5.74, 6) is 0.445. The minimum atomic E-state index is 0.287. The Labute approximate surface area is 95.2 Å². The predicted octanol–water partition coefficient (Wildman–Crippen LogP) is 3.81. The Hall–Kier alpha value is -0.210. The summed E-state index contributed by atoms with van der Waals surface area (Å²) in [6.45, 7) is 6.25. The maximum atomic E-state index is 6.18. The summed E-state index contributed by atoms with van der Waals surface area (Å²) in [5, 5.41) is 5.16. The van der Waals surface area contributed by atoms with Crippen molar-refractivity contribution in [2.24, 2.45) is 0 Å². The van der Waals surface area contributed by atoms with Crippen molar-refractivity contribution in [3.8, 4) is 0 Å². The number of hydrogen-bond donors (Lipinski definition) is 0. The van der Waals surface area contributed by atoms with Gasteiger partial charge in [0.25, 0.3) is 0 Å². The van der Waals surface area contributed by atoms with Crippen LogP contribution >= 0.6 is 23.2 Å². The van der Waals surface area contributed by atoms with E-state index in [-0.39, 0.29) is 6.04 Å². The molecular formula is C10H16Cl2N2. The Morgan fingerprint density at radius 2 is 2.07 bits per heavy atom. The van der Waals surface area contributed by atoms with Crippen LogP contribution in [0.1, 0.15) is 44.5 Å². The lowest BCUT2D eigenvalue weighted by Crippen LogP contribution is -2.03. The van der Waals surface area contributed by atoms with Gasteiger partial charge in [-0.3, -0.25) is 4.68 Å². The second-order valence-corrected chi connectivity index (χ2v) is 4.26. The molecule has 0 aliphatic heterocycles. The van der Waals surface area contributed by atoms with Gasteiger partial charge in [-0.1, -0.05) is 24.9 Å². The number of aryl methyl sites for hydroxylation is 1. The topological polar surface area (TPSA) is 17.8 Å². The van der Waals surface area contributed by atoms with Gasteiger partial charge in [-0.15, -0.1) is 11.6 Å². The molecule has 80 valence electrons. The van der Waals surface area contributed by atoms with Gasteiger partial charge in [0.1, 0.15) is 5.15 Å². The van der Waals surface area contributed by atoms with Gasteiger partial charge in [0.05, 0.1) is 11.6 Å². The lowest BCUT2D eigenvalue weighted by Gasteiger charge is -2.05. The second-order valence-electron chi connectivity index (χ2n) is 3.64. The lowest BCUT2D eigenvalue weighted by atomic mass is 10.2. The highest BCUT2D eigenvalue weighted by molar-refractivity contribution is 6.31. The first-order valence-corrected chi connectivity index (χ1v) is 5.84. The maximum absolute atomic E-state index is 6.18. The van der Waals surface area contributed by atoms with Gasteiger partial charge >= 0.3 is 0 Å². The van der Waals surface area contributed by atoms with Crippen molar-refractivity contribution in [2.75, 3.05) is 0 Å². The zero-order chi connectivity index (χ0) is 10.7. The van der Waals surface area contributed by atoms with Crippen LogP contribution in [0.2, 0.25) is 5.15 Å². The quantitative estimate of drug-likeness (QED) is 0.725. The van der Waals surface area contributed by atoms with E-state index in [4.69, 9.17) is 23.2 Å². The molecule has 0 spiro atoms. The fourth-order valence-corrected chi connectivity index (χ4v) is 2.16. The van der Waals surface area contributed by atoms with E-state index in [0.717, 1.165) is 24.1 Å². The Morgan fingerprint density at radius 3 is 2.50 bits per heavy atom. The van der Waals surface area contributed by atoms with E-state index < -0.39 is 0 Å². The molecule has 0 aliphatic rings. The summed E-state index contributed by atoms with van der Waals surface area (Å²) < 4.78 is 1.84. The zero-order valence-corrected chi connectivity index (χ0v) is 10.4. The van der Waals surface area contributed by atoms with Gasteiger partial charge in [0.2, 0.25) is 0 Å². The SMILES string of the molecule is CCCc1nn(C(C)C)c(Cl)c1CCl. The average molecular weight is 235 g/mol. The lowest BCUT2D eigenvalue weighted by molar-refractivity contribution is 0.526. The van der Waals surface area contributed by atoms with Gasteiger partial charge in [-0.05, 0) is 20.3 Å². The molecule has 0 aliphatic carbocycles. The first-order valence-electron chi connectivity index (χ1n) is 4.93. The Balaban J connectivity index is 3.10. The van der Waals surface area contributed by atoms with Crippen molar-refractivity contribution in [3.63, 3.8) is 0 Å².